The molecule has 0 amide bonds. The van der Waals surface area contributed by atoms with E-state index in [1.165, 1.54) is 43.6 Å². The van der Waals surface area contributed by atoms with E-state index in [9.17, 15) is 0 Å². The average molecular weight is 201 g/mol. The summed E-state index contributed by atoms with van der Waals surface area (Å²) in [5.41, 5.74) is 1.89. The lowest BCUT2D eigenvalue weighted by Crippen LogP contribution is -2.19. The van der Waals surface area contributed by atoms with Crippen molar-refractivity contribution >= 4 is 0 Å². The van der Waals surface area contributed by atoms with Crippen LogP contribution < -0.4 is 0 Å². The molecule has 0 N–H and O–H groups in total. The van der Waals surface area contributed by atoms with Gasteiger partial charge in [0.2, 0.25) is 0 Å². The molecule has 0 saturated heterocycles. The van der Waals surface area contributed by atoms with E-state index in [4.69, 9.17) is 5.26 Å². The Hall–Kier alpha value is -1.30. The zero-order valence-electron chi connectivity index (χ0n) is 8.87. The van der Waals surface area contributed by atoms with Crippen molar-refractivity contribution in [3.8, 4) is 6.07 Å². The minimum absolute atomic E-state index is 0.643. The average Bonchev–Trinajstić information content (AvgIpc) is 2.55. The van der Waals surface area contributed by atoms with E-state index in [-0.39, 0.29) is 0 Å². The second-order valence-electron chi connectivity index (χ2n) is 4.61. The Morgan fingerprint density at radius 2 is 2.13 bits per heavy atom. The molecule has 1 fully saturated rings. The lowest BCUT2D eigenvalue weighted by Gasteiger charge is -2.27. The lowest BCUT2D eigenvalue weighted by molar-refractivity contribution is 0.376. The van der Waals surface area contributed by atoms with E-state index in [0.29, 0.717) is 11.6 Å². The highest BCUT2D eigenvalue weighted by atomic mass is 15.1. The fourth-order valence-corrected chi connectivity index (χ4v) is 2.64. The third kappa shape index (κ3) is 1.28. The summed E-state index contributed by atoms with van der Waals surface area (Å²) in [7, 11) is 0. The Morgan fingerprint density at radius 3 is 2.80 bits per heavy atom. The normalized spacial score (nSPS) is 20.5. The van der Waals surface area contributed by atoms with Gasteiger partial charge in [0.15, 0.2) is 5.69 Å². The van der Waals surface area contributed by atoms with Crippen LogP contribution in [-0.4, -0.2) is 9.55 Å². The third-order valence-electron chi connectivity index (χ3n) is 3.72. The molecular formula is C12H15N3. The Labute approximate surface area is 89.7 Å². The molecule has 3 heteroatoms. The number of hydrogen-bond donors (Lipinski definition) is 0. The summed E-state index contributed by atoms with van der Waals surface area (Å²) in [6.07, 6.45) is 7.36. The van der Waals surface area contributed by atoms with Crippen molar-refractivity contribution in [2.75, 3.05) is 0 Å². The van der Waals surface area contributed by atoms with Gasteiger partial charge in [0.1, 0.15) is 11.9 Å². The number of hydrogen-bond acceptors (Lipinski definition) is 2. The van der Waals surface area contributed by atoms with Gasteiger partial charge in [0.05, 0.1) is 5.69 Å². The van der Waals surface area contributed by atoms with E-state index in [1.54, 1.807) is 0 Å². The Morgan fingerprint density at radius 1 is 1.27 bits per heavy atom. The molecule has 0 bridgehead atoms. The highest BCUT2D eigenvalue weighted by Gasteiger charge is 2.28. The van der Waals surface area contributed by atoms with Gasteiger partial charge in [0, 0.05) is 12.5 Å². The summed E-state index contributed by atoms with van der Waals surface area (Å²) in [6.45, 7) is 1.08. The molecule has 0 aromatic carbocycles. The topological polar surface area (TPSA) is 41.6 Å². The summed E-state index contributed by atoms with van der Waals surface area (Å²) in [5, 5.41) is 9.05. The molecule has 2 heterocycles. The van der Waals surface area contributed by atoms with Crippen molar-refractivity contribution < 1.29 is 0 Å². The first-order valence-corrected chi connectivity index (χ1v) is 5.89. The van der Waals surface area contributed by atoms with Crippen LogP contribution in [-0.2, 0) is 13.0 Å². The van der Waals surface area contributed by atoms with Crippen molar-refractivity contribution in [1.82, 2.24) is 9.55 Å². The maximum Gasteiger partial charge on any atom is 0.161 e. The van der Waals surface area contributed by atoms with Crippen LogP contribution in [0.3, 0.4) is 0 Å². The number of nitrogens with zero attached hydrogens (tertiary/aromatic N) is 3. The number of nitriles is 1. The second-order valence-corrected chi connectivity index (χ2v) is 4.61. The molecule has 1 saturated carbocycles. The molecule has 3 nitrogen and oxygen atoms in total. The van der Waals surface area contributed by atoms with E-state index < -0.39 is 0 Å². The molecule has 1 aromatic rings. The fraction of sp³-hybridized carbons (Fsp3) is 0.667. The maximum absolute atomic E-state index is 9.05. The van der Waals surface area contributed by atoms with Crippen LogP contribution >= 0.6 is 0 Å². The zero-order valence-corrected chi connectivity index (χ0v) is 8.87. The largest absolute Gasteiger partial charge is 0.330 e. The molecule has 15 heavy (non-hydrogen) atoms. The summed E-state index contributed by atoms with van der Waals surface area (Å²) in [5.74, 6) is 1.84. The monoisotopic (exact) mass is 201 g/mol. The molecule has 0 radical (unpaired) electrons. The molecule has 1 aromatic heterocycles. The first kappa shape index (κ1) is 8.96. The van der Waals surface area contributed by atoms with E-state index in [2.05, 4.69) is 15.6 Å². The Kier molecular flexibility index (Phi) is 2.02. The third-order valence-corrected chi connectivity index (χ3v) is 3.72. The standard InChI is InChI=1S/C12H15N3/c13-8-10-11-6-1-2-7-15(11)12(14-10)9-4-3-5-9/h9H,1-7H2. The molecule has 3 rings (SSSR count). The zero-order chi connectivity index (χ0) is 10.3. The maximum atomic E-state index is 9.05. The molecule has 1 aliphatic carbocycles. The van der Waals surface area contributed by atoms with Crippen molar-refractivity contribution in [3.05, 3.63) is 17.2 Å². The van der Waals surface area contributed by atoms with Crippen LogP contribution in [0.5, 0.6) is 0 Å². The summed E-state index contributed by atoms with van der Waals surface area (Å²) in [4.78, 5) is 4.53. The van der Waals surface area contributed by atoms with Crippen LogP contribution in [0.4, 0.5) is 0 Å². The number of fused-ring (bicyclic) bond motifs is 1. The van der Waals surface area contributed by atoms with Gasteiger partial charge in [-0.3, -0.25) is 0 Å². The van der Waals surface area contributed by atoms with Crippen molar-refractivity contribution in [1.29, 1.82) is 5.26 Å². The van der Waals surface area contributed by atoms with E-state index in [0.717, 1.165) is 13.0 Å². The molecule has 0 atom stereocenters. The highest BCUT2D eigenvalue weighted by molar-refractivity contribution is 5.31. The Bertz CT molecular complexity index is 421. The van der Waals surface area contributed by atoms with Gasteiger partial charge in [-0.2, -0.15) is 5.26 Å². The van der Waals surface area contributed by atoms with E-state index >= 15 is 0 Å². The fourth-order valence-electron chi connectivity index (χ4n) is 2.64. The Balaban J connectivity index is 2.06. The van der Waals surface area contributed by atoms with Gasteiger partial charge in [-0.1, -0.05) is 6.42 Å². The van der Waals surface area contributed by atoms with Crippen LogP contribution in [0.25, 0.3) is 0 Å². The molecule has 1 aliphatic heterocycles. The van der Waals surface area contributed by atoms with Gasteiger partial charge >= 0.3 is 0 Å². The summed E-state index contributed by atoms with van der Waals surface area (Å²) < 4.78 is 2.33. The highest BCUT2D eigenvalue weighted by Crippen LogP contribution is 2.37. The number of rotatable bonds is 1. The number of aromatic nitrogens is 2. The number of imidazole rings is 1. The van der Waals surface area contributed by atoms with Gasteiger partial charge in [-0.05, 0) is 32.1 Å². The summed E-state index contributed by atoms with van der Waals surface area (Å²) in [6, 6.07) is 2.25. The minimum Gasteiger partial charge on any atom is -0.330 e. The molecule has 0 unspecified atom stereocenters. The van der Waals surface area contributed by atoms with Crippen LogP contribution in [0.1, 0.15) is 55.2 Å². The van der Waals surface area contributed by atoms with Gasteiger partial charge in [-0.15, -0.1) is 0 Å². The van der Waals surface area contributed by atoms with Crippen LogP contribution in [0, 0.1) is 11.3 Å². The lowest BCUT2D eigenvalue weighted by atomic mass is 9.84. The quantitative estimate of drug-likeness (QED) is 0.700. The van der Waals surface area contributed by atoms with Crippen LogP contribution in [0.15, 0.2) is 0 Å². The first-order valence-electron chi connectivity index (χ1n) is 5.89. The molecule has 78 valence electrons. The molecular weight excluding hydrogens is 186 g/mol. The molecule has 2 aliphatic rings. The van der Waals surface area contributed by atoms with Gasteiger partial charge < -0.3 is 4.57 Å². The van der Waals surface area contributed by atoms with Crippen molar-refractivity contribution in [3.63, 3.8) is 0 Å². The van der Waals surface area contributed by atoms with Crippen LogP contribution in [0.2, 0.25) is 0 Å². The predicted octanol–water partition coefficient (Wildman–Crippen LogP) is 2.36. The predicted molar refractivity (Wildman–Crippen MR) is 56.5 cm³/mol. The smallest absolute Gasteiger partial charge is 0.161 e. The van der Waals surface area contributed by atoms with Gasteiger partial charge in [0.25, 0.3) is 0 Å². The van der Waals surface area contributed by atoms with Crippen molar-refractivity contribution in [2.45, 2.75) is 51.0 Å². The first-order chi connectivity index (χ1) is 7.40. The minimum atomic E-state index is 0.643. The SMILES string of the molecule is N#Cc1nc(C2CCC2)n2c1CCCC2. The molecule has 0 spiro atoms. The summed E-state index contributed by atoms with van der Waals surface area (Å²) >= 11 is 0. The van der Waals surface area contributed by atoms with Gasteiger partial charge in [-0.25, -0.2) is 4.98 Å². The second kappa shape index (κ2) is 3.37. The van der Waals surface area contributed by atoms with E-state index in [1.807, 2.05) is 0 Å². The van der Waals surface area contributed by atoms with Crippen molar-refractivity contribution in [2.24, 2.45) is 0 Å².